The molecule has 1 amide bonds. The molecule has 1 aliphatic heterocycles. The molecule has 0 aromatic heterocycles. The van der Waals surface area contributed by atoms with E-state index in [0.717, 1.165) is 38.3 Å². The van der Waals surface area contributed by atoms with Gasteiger partial charge in [0.1, 0.15) is 5.76 Å². The Kier molecular flexibility index (Phi) is 6.95. The van der Waals surface area contributed by atoms with Crippen LogP contribution in [0.5, 0.6) is 0 Å². The minimum Gasteiger partial charge on any atom is -0.511 e. The minimum atomic E-state index is -0.294. The first kappa shape index (κ1) is 20.2. The van der Waals surface area contributed by atoms with E-state index in [1.807, 2.05) is 30.3 Å². The molecule has 1 aromatic rings. The predicted octanol–water partition coefficient (Wildman–Crippen LogP) is 1.12. The number of carbonyl (C=O) groups is 2. The van der Waals surface area contributed by atoms with E-state index < -0.39 is 0 Å². The fourth-order valence-corrected chi connectivity index (χ4v) is 3.76. The fourth-order valence-electron chi connectivity index (χ4n) is 3.76. The lowest BCUT2D eigenvalue weighted by Gasteiger charge is -2.33. The first-order chi connectivity index (χ1) is 13.5. The lowest BCUT2D eigenvalue weighted by molar-refractivity contribution is -0.119. The molecule has 3 N–H and O–H groups in total. The summed E-state index contributed by atoms with van der Waals surface area (Å²) in [6, 6.07) is 9.83. The van der Waals surface area contributed by atoms with Crippen molar-refractivity contribution in [3.63, 3.8) is 0 Å². The summed E-state index contributed by atoms with van der Waals surface area (Å²) in [5.41, 5.74) is 6.65. The quantitative estimate of drug-likeness (QED) is 0.687. The largest absolute Gasteiger partial charge is 0.511 e. The molecule has 1 aromatic carbocycles. The van der Waals surface area contributed by atoms with Crippen molar-refractivity contribution >= 4 is 17.9 Å². The second kappa shape index (κ2) is 9.61. The van der Waals surface area contributed by atoms with E-state index in [4.69, 9.17) is 5.73 Å². The van der Waals surface area contributed by atoms with E-state index in [-0.39, 0.29) is 23.4 Å². The highest BCUT2D eigenvalue weighted by Gasteiger charge is 2.27. The van der Waals surface area contributed by atoms with Gasteiger partial charge in [0.25, 0.3) is 0 Å². The zero-order valence-corrected chi connectivity index (χ0v) is 16.1. The van der Waals surface area contributed by atoms with Gasteiger partial charge in [0, 0.05) is 51.8 Å². The van der Waals surface area contributed by atoms with Crippen molar-refractivity contribution in [2.45, 2.75) is 18.8 Å². The molecular formula is C21H28N4O3. The van der Waals surface area contributed by atoms with Gasteiger partial charge in [-0.15, -0.1) is 0 Å². The highest BCUT2D eigenvalue weighted by molar-refractivity contribution is 6.14. The first-order valence-electron chi connectivity index (χ1n) is 9.76. The van der Waals surface area contributed by atoms with Crippen LogP contribution in [0.3, 0.4) is 0 Å². The van der Waals surface area contributed by atoms with Crippen LogP contribution in [0.2, 0.25) is 0 Å². The molecule has 1 fully saturated rings. The van der Waals surface area contributed by atoms with E-state index >= 15 is 0 Å². The number of aliphatic hydroxyl groups excluding tert-OH is 1. The summed E-state index contributed by atoms with van der Waals surface area (Å²) < 4.78 is 0. The minimum absolute atomic E-state index is 0.0301. The zero-order chi connectivity index (χ0) is 19.9. The number of carbonyl (C=O) groups excluding carboxylic acids is 2. The third kappa shape index (κ3) is 5.50. The Morgan fingerprint density at radius 2 is 1.82 bits per heavy atom. The van der Waals surface area contributed by atoms with Gasteiger partial charge in [-0.1, -0.05) is 30.3 Å². The van der Waals surface area contributed by atoms with Crippen molar-refractivity contribution in [2.75, 3.05) is 45.8 Å². The molecule has 0 bridgehead atoms. The van der Waals surface area contributed by atoms with Gasteiger partial charge < -0.3 is 10.8 Å². The van der Waals surface area contributed by atoms with Crippen LogP contribution < -0.4 is 5.73 Å². The number of nitrogens with zero attached hydrogens (tertiary/aromatic N) is 3. The number of primary amides is 1. The molecule has 28 heavy (non-hydrogen) atoms. The smallest absolute Gasteiger partial charge is 0.231 e. The Balaban J connectivity index is 1.47. The maximum atomic E-state index is 12.4. The number of amides is 1. The van der Waals surface area contributed by atoms with Crippen molar-refractivity contribution < 1.29 is 14.7 Å². The Morgan fingerprint density at radius 3 is 2.46 bits per heavy atom. The Labute approximate surface area is 165 Å². The number of benzene rings is 1. The number of Topliss-reactive ketones (excluding diaryl/α,β-unsaturated/α-hetero) is 1. The molecule has 1 atom stereocenters. The molecule has 150 valence electrons. The molecular weight excluding hydrogens is 356 g/mol. The molecule has 1 aliphatic carbocycles. The van der Waals surface area contributed by atoms with Crippen LogP contribution in [0.15, 0.2) is 46.7 Å². The van der Waals surface area contributed by atoms with Crippen LogP contribution in [0.1, 0.15) is 24.3 Å². The molecule has 1 saturated heterocycles. The lowest BCUT2D eigenvalue weighted by Crippen LogP contribution is -2.49. The van der Waals surface area contributed by atoms with Crippen molar-refractivity contribution in [1.82, 2.24) is 9.80 Å². The summed E-state index contributed by atoms with van der Waals surface area (Å²) in [6.07, 6.45) is 2.40. The van der Waals surface area contributed by atoms with Crippen LogP contribution >= 0.6 is 0 Å². The van der Waals surface area contributed by atoms with Crippen LogP contribution in [0.4, 0.5) is 0 Å². The van der Waals surface area contributed by atoms with E-state index in [1.54, 1.807) is 0 Å². The van der Waals surface area contributed by atoms with Gasteiger partial charge in [-0.25, -0.2) is 0 Å². The van der Waals surface area contributed by atoms with Gasteiger partial charge in [0.15, 0.2) is 5.78 Å². The first-order valence-corrected chi connectivity index (χ1v) is 9.76. The number of aliphatic hydroxyl groups is 1. The number of allylic oxidation sites excluding steroid dienone is 2. The van der Waals surface area contributed by atoms with E-state index in [9.17, 15) is 14.7 Å². The molecule has 7 nitrogen and oxygen atoms in total. The van der Waals surface area contributed by atoms with Crippen molar-refractivity contribution in [1.29, 1.82) is 0 Å². The maximum absolute atomic E-state index is 12.4. The summed E-state index contributed by atoms with van der Waals surface area (Å²) in [6.45, 7) is 5.04. The van der Waals surface area contributed by atoms with Gasteiger partial charge in [-0.3, -0.25) is 24.4 Å². The molecule has 0 saturated carbocycles. The number of hydrogen-bond acceptors (Lipinski definition) is 6. The van der Waals surface area contributed by atoms with Crippen molar-refractivity contribution in [2.24, 2.45) is 10.7 Å². The third-order valence-corrected chi connectivity index (χ3v) is 5.36. The average molecular weight is 384 g/mol. The highest BCUT2D eigenvalue weighted by atomic mass is 16.3. The van der Waals surface area contributed by atoms with Crippen LogP contribution in [-0.4, -0.2) is 78.6 Å². The number of nitrogens with two attached hydrogens (primary N) is 1. The van der Waals surface area contributed by atoms with Gasteiger partial charge in [-0.05, 0) is 11.5 Å². The predicted molar refractivity (Wildman–Crippen MR) is 109 cm³/mol. The second-order valence-corrected chi connectivity index (χ2v) is 7.42. The van der Waals surface area contributed by atoms with Crippen LogP contribution in [0, 0.1) is 0 Å². The van der Waals surface area contributed by atoms with Crippen molar-refractivity contribution in [3.8, 4) is 0 Å². The SMILES string of the molecule is NC(=O)CN1CCN(CCN=CC2=C(O)CC(c3ccccc3)CC2=O)CC1. The van der Waals surface area contributed by atoms with E-state index in [0.29, 0.717) is 31.5 Å². The number of rotatable bonds is 7. The molecule has 7 heteroatoms. The summed E-state index contributed by atoms with van der Waals surface area (Å²) in [4.78, 5) is 32.1. The number of piperazine rings is 1. The molecule has 3 rings (SSSR count). The Hall–Kier alpha value is -2.51. The standard InChI is InChI=1S/C21H28N4O3/c22-21(28)15-25-10-8-24(9-11-25)7-6-23-14-18-19(26)12-17(13-20(18)27)16-4-2-1-3-5-16/h1-5,14,17,26H,6-13,15H2,(H2,22,28). The molecule has 2 aliphatic rings. The van der Waals surface area contributed by atoms with E-state index in [2.05, 4.69) is 14.8 Å². The normalized spacial score (nSPS) is 22.1. The average Bonchev–Trinajstić information content (AvgIpc) is 2.68. The van der Waals surface area contributed by atoms with Crippen LogP contribution in [-0.2, 0) is 9.59 Å². The fraction of sp³-hybridized carbons (Fsp3) is 0.476. The number of aliphatic imine (C=N–C) groups is 1. The van der Waals surface area contributed by atoms with Gasteiger partial charge in [0.05, 0.1) is 18.7 Å². The van der Waals surface area contributed by atoms with E-state index in [1.165, 1.54) is 6.21 Å². The Bertz CT molecular complexity index is 752. The van der Waals surface area contributed by atoms with Gasteiger partial charge in [-0.2, -0.15) is 0 Å². The Morgan fingerprint density at radius 1 is 1.14 bits per heavy atom. The summed E-state index contributed by atoms with van der Waals surface area (Å²) in [7, 11) is 0. The topological polar surface area (TPSA) is 99.2 Å². The number of ketones is 1. The summed E-state index contributed by atoms with van der Waals surface area (Å²) in [5.74, 6) is -0.185. The highest BCUT2D eigenvalue weighted by Crippen LogP contribution is 2.32. The van der Waals surface area contributed by atoms with Gasteiger partial charge in [0.2, 0.25) is 5.91 Å². The zero-order valence-electron chi connectivity index (χ0n) is 16.1. The monoisotopic (exact) mass is 384 g/mol. The summed E-state index contributed by atoms with van der Waals surface area (Å²) in [5, 5.41) is 10.3. The number of hydrogen-bond donors (Lipinski definition) is 2. The third-order valence-electron chi connectivity index (χ3n) is 5.36. The maximum Gasteiger partial charge on any atom is 0.231 e. The molecule has 1 heterocycles. The van der Waals surface area contributed by atoms with Gasteiger partial charge >= 0.3 is 0 Å². The second-order valence-electron chi connectivity index (χ2n) is 7.42. The lowest BCUT2D eigenvalue weighted by atomic mass is 9.83. The van der Waals surface area contributed by atoms with Crippen LogP contribution in [0.25, 0.3) is 0 Å². The molecule has 1 unspecified atom stereocenters. The summed E-state index contributed by atoms with van der Waals surface area (Å²) >= 11 is 0. The molecule has 0 spiro atoms. The van der Waals surface area contributed by atoms with Crippen molar-refractivity contribution in [3.05, 3.63) is 47.2 Å². The molecule has 0 radical (unpaired) electrons.